The molecule has 112 valence electrons. The molecule has 0 spiro atoms. The van der Waals surface area contributed by atoms with Crippen molar-refractivity contribution in [3.8, 4) is 0 Å². The highest BCUT2D eigenvalue weighted by Gasteiger charge is 2.30. The Labute approximate surface area is 116 Å². The number of carbonyl (C=O) groups is 1. The number of rotatable bonds is 9. The van der Waals surface area contributed by atoms with Crippen LogP contribution in [0.4, 0.5) is 0 Å². The number of amides is 1. The van der Waals surface area contributed by atoms with Gasteiger partial charge in [0.25, 0.3) is 0 Å². The van der Waals surface area contributed by atoms with Crippen molar-refractivity contribution >= 4 is 5.91 Å². The molecule has 1 aliphatic rings. The molecule has 5 heteroatoms. The molecule has 1 aliphatic heterocycles. The van der Waals surface area contributed by atoms with Crippen molar-refractivity contribution in [3.63, 3.8) is 0 Å². The minimum Gasteiger partial charge on any atom is -0.384 e. The highest BCUT2D eigenvalue weighted by atomic mass is 16.5. The molecule has 1 rings (SSSR count). The normalized spacial score (nSPS) is 23.4. The lowest BCUT2D eigenvalue weighted by Crippen LogP contribution is -2.53. The van der Waals surface area contributed by atoms with E-state index in [1.165, 1.54) is 6.42 Å². The van der Waals surface area contributed by atoms with Gasteiger partial charge >= 0.3 is 0 Å². The fourth-order valence-corrected chi connectivity index (χ4v) is 2.83. The van der Waals surface area contributed by atoms with Gasteiger partial charge in [-0.25, -0.2) is 0 Å². The van der Waals surface area contributed by atoms with E-state index in [0.717, 1.165) is 45.6 Å². The van der Waals surface area contributed by atoms with Crippen LogP contribution in [0.2, 0.25) is 0 Å². The zero-order valence-electron chi connectivity index (χ0n) is 12.6. The molecular weight excluding hydrogens is 242 g/mol. The van der Waals surface area contributed by atoms with E-state index in [1.54, 1.807) is 7.11 Å². The van der Waals surface area contributed by atoms with Gasteiger partial charge in [-0.1, -0.05) is 6.92 Å². The third-order valence-corrected chi connectivity index (χ3v) is 4.03. The Morgan fingerprint density at radius 3 is 2.89 bits per heavy atom. The van der Waals surface area contributed by atoms with Gasteiger partial charge in [0.05, 0.1) is 12.1 Å². The lowest BCUT2D eigenvalue weighted by atomic mass is 9.94. The van der Waals surface area contributed by atoms with Gasteiger partial charge in [-0.15, -0.1) is 0 Å². The van der Waals surface area contributed by atoms with E-state index in [4.69, 9.17) is 10.5 Å². The van der Waals surface area contributed by atoms with Crippen LogP contribution in [0.3, 0.4) is 0 Å². The summed E-state index contributed by atoms with van der Waals surface area (Å²) in [7, 11) is 1.76. The van der Waals surface area contributed by atoms with Gasteiger partial charge in [0.2, 0.25) is 5.91 Å². The van der Waals surface area contributed by atoms with Gasteiger partial charge in [-0.05, 0) is 51.7 Å². The molecule has 2 unspecified atom stereocenters. The van der Waals surface area contributed by atoms with Gasteiger partial charge < -0.3 is 20.7 Å². The Balaban J connectivity index is 2.27. The molecule has 19 heavy (non-hydrogen) atoms. The smallest absolute Gasteiger partial charge is 0.237 e. The zero-order chi connectivity index (χ0) is 14.3. The highest BCUT2D eigenvalue weighted by Crippen LogP contribution is 2.18. The third kappa shape index (κ3) is 5.09. The lowest BCUT2D eigenvalue weighted by molar-refractivity contribution is -0.124. The Morgan fingerprint density at radius 2 is 2.32 bits per heavy atom. The summed E-state index contributed by atoms with van der Waals surface area (Å²) in [6.07, 6.45) is 3.00. The molecule has 3 N–H and O–H groups in total. The van der Waals surface area contributed by atoms with Gasteiger partial charge in [0.1, 0.15) is 0 Å². The van der Waals surface area contributed by atoms with E-state index in [-0.39, 0.29) is 5.91 Å². The van der Waals surface area contributed by atoms with Crippen molar-refractivity contribution in [2.45, 2.75) is 38.6 Å². The number of ether oxygens (including phenoxy) is 1. The van der Waals surface area contributed by atoms with Crippen LogP contribution in [-0.4, -0.2) is 56.2 Å². The Hall–Kier alpha value is -0.650. The number of likely N-dealkylation sites (N-methyl/N-ethyl adjacent to an activating group) is 1. The maximum Gasteiger partial charge on any atom is 0.237 e. The third-order valence-electron chi connectivity index (χ3n) is 4.03. The van der Waals surface area contributed by atoms with Gasteiger partial charge in [-0.3, -0.25) is 4.79 Å². The molecule has 0 aromatic heterocycles. The summed E-state index contributed by atoms with van der Waals surface area (Å²) in [5.41, 5.74) is 4.91. The highest BCUT2D eigenvalue weighted by molar-refractivity contribution is 5.84. The molecule has 5 nitrogen and oxygen atoms in total. The number of nitrogens with zero attached hydrogens (tertiary/aromatic N) is 1. The van der Waals surface area contributed by atoms with Gasteiger partial charge in [0.15, 0.2) is 0 Å². The quantitative estimate of drug-likeness (QED) is 0.644. The number of hydrogen-bond acceptors (Lipinski definition) is 4. The van der Waals surface area contributed by atoms with Crippen molar-refractivity contribution in [1.29, 1.82) is 0 Å². The summed E-state index contributed by atoms with van der Waals surface area (Å²) in [6, 6.07) is 0. The van der Waals surface area contributed by atoms with Crippen LogP contribution in [0.25, 0.3) is 0 Å². The number of methoxy groups -OCH3 is 1. The predicted octanol–water partition coefficient (Wildman–Crippen LogP) is 0.588. The van der Waals surface area contributed by atoms with Crippen LogP contribution < -0.4 is 11.1 Å². The maximum absolute atomic E-state index is 11.5. The monoisotopic (exact) mass is 271 g/mol. The van der Waals surface area contributed by atoms with Crippen LogP contribution >= 0.6 is 0 Å². The van der Waals surface area contributed by atoms with Crippen LogP contribution in [-0.2, 0) is 9.53 Å². The fourth-order valence-electron chi connectivity index (χ4n) is 2.83. The average Bonchev–Trinajstić information content (AvgIpc) is 2.77. The molecular formula is C14H29N3O2. The molecule has 2 atom stereocenters. The van der Waals surface area contributed by atoms with E-state index < -0.39 is 5.54 Å². The van der Waals surface area contributed by atoms with E-state index in [9.17, 15) is 4.79 Å². The largest absolute Gasteiger partial charge is 0.384 e. The molecule has 0 aliphatic carbocycles. The minimum atomic E-state index is -0.569. The first-order valence-corrected chi connectivity index (χ1v) is 7.28. The van der Waals surface area contributed by atoms with Crippen molar-refractivity contribution in [1.82, 2.24) is 10.2 Å². The summed E-state index contributed by atoms with van der Waals surface area (Å²) in [4.78, 5) is 14.0. The number of likely N-dealkylation sites (tertiary alicyclic amines) is 1. The second-order valence-corrected chi connectivity index (χ2v) is 5.74. The number of primary amides is 1. The van der Waals surface area contributed by atoms with Crippen molar-refractivity contribution in [2.24, 2.45) is 11.7 Å². The molecule has 1 amide bonds. The Bertz CT molecular complexity index is 286. The van der Waals surface area contributed by atoms with E-state index in [0.29, 0.717) is 5.92 Å². The number of nitrogens with one attached hydrogen (secondary N) is 1. The summed E-state index contributed by atoms with van der Waals surface area (Å²) in [5.74, 6) is 0.411. The maximum atomic E-state index is 11.5. The summed E-state index contributed by atoms with van der Waals surface area (Å²) < 4.78 is 5.20. The van der Waals surface area contributed by atoms with Crippen molar-refractivity contribution in [2.75, 3.05) is 39.9 Å². The van der Waals surface area contributed by atoms with Gasteiger partial charge in [0, 0.05) is 13.7 Å². The summed E-state index contributed by atoms with van der Waals surface area (Å²) >= 11 is 0. The van der Waals surface area contributed by atoms with Crippen LogP contribution in [0, 0.1) is 5.92 Å². The number of carbonyl (C=O) groups excluding carboxylic acids is 1. The number of nitrogens with two attached hydrogens (primary N) is 1. The first-order chi connectivity index (χ1) is 9.01. The average molecular weight is 271 g/mol. The van der Waals surface area contributed by atoms with Crippen molar-refractivity contribution in [3.05, 3.63) is 0 Å². The summed E-state index contributed by atoms with van der Waals surface area (Å²) in [5, 5.41) is 3.20. The Kier molecular flexibility index (Phi) is 6.75. The minimum absolute atomic E-state index is 0.256. The van der Waals surface area contributed by atoms with E-state index >= 15 is 0 Å². The molecule has 0 aromatic carbocycles. The molecule has 1 saturated heterocycles. The van der Waals surface area contributed by atoms with Crippen LogP contribution in [0.1, 0.15) is 33.1 Å². The van der Waals surface area contributed by atoms with Crippen LogP contribution in [0.15, 0.2) is 0 Å². The topological polar surface area (TPSA) is 67.6 Å². The predicted molar refractivity (Wildman–Crippen MR) is 76.9 cm³/mol. The first kappa shape index (κ1) is 16.4. The molecule has 0 bridgehead atoms. The zero-order valence-corrected chi connectivity index (χ0v) is 12.6. The molecule has 0 radical (unpaired) electrons. The number of hydrogen-bond donors (Lipinski definition) is 2. The Morgan fingerprint density at radius 1 is 1.58 bits per heavy atom. The molecule has 1 heterocycles. The van der Waals surface area contributed by atoms with Gasteiger partial charge in [-0.2, -0.15) is 0 Å². The van der Waals surface area contributed by atoms with Crippen molar-refractivity contribution < 1.29 is 9.53 Å². The second kappa shape index (κ2) is 7.82. The molecule has 1 fully saturated rings. The first-order valence-electron chi connectivity index (χ1n) is 7.28. The molecule has 0 saturated carbocycles. The lowest BCUT2D eigenvalue weighted by Gasteiger charge is -2.28. The SMILES string of the molecule is CCNC(C)(CCCN1CCC(COC)C1)C(N)=O. The summed E-state index contributed by atoms with van der Waals surface area (Å²) in [6.45, 7) is 8.80. The van der Waals surface area contributed by atoms with E-state index in [2.05, 4.69) is 10.2 Å². The second-order valence-electron chi connectivity index (χ2n) is 5.74. The van der Waals surface area contributed by atoms with Crippen LogP contribution in [0.5, 0.6) is 0 Å². The fraction of sp³-hybridized carbons (Fsp3) is 0.929. The standard InChI is InChI=1S/C14H29N3O2/c1-4-16-14(2,13(15)18)7-5-8-17-9-6-12(10-17)11-19-3/h12,16H,4-11H2,1-3H3,(H2,15,18). The van der Waals surface area contributed by atoms with E-state index in [1.807, 2.05) is 13.8 Å². The molecule has 0 aromatic rings.